The van der Waals surface area contributed by atoms with Gasteiger partial charge in [0.15, 0.2) is 0 Å². The van der Waals surface area contributed by atoms with Crippen LogP contribution < -0.4 is 15.6 Å². The number of ether oxygens (including phenoxy) is 1. The third-order valence-corrected chi connectivity index (χ3v) is 4.18. The summed E-state index contributed by atoms with van der Waals surface area (Å²) in [6.07, 6.45) is 0. The summed E-state index contributed by atoms with van der Waals surface area (Å²) in [5.41, 5.74) is 6.05. The highest BCUT2D eigenvalue weighted by Gasteiger charge is 2.15. The first-order valence-electron chi connectivity index (χ1n) is 5.86. The van der Waals surface area contributed by atoms with Gasteiger partial charge in [0.05, 0.1) is 23.4 Å². The van der Waals surface area contributed by atoms with E-state index in [1.54, 1.807) is 6.07 Å². The van der Waals surface area contributed by atoms with E-state index in [9.17, 15) is 9.18 Å². The molecule has 2 N–H and O–H groups in total. The maximum absolute atomic E-state index is 12.8. The molecule has 0 spiro atoms. The molecule has 0 radical (unpaired) electrons. The summed E-state index contributed by atoms with van der Waals surface area (Å²) in [4.78, 5) is 12.1. The van der Waals surface area contributed by atoms with Crippen molar-refractivity contribution < 1.29 is 13.9 Å². The third-order valence-electron chi connectivity index (χ3n) is 2.65. The second-order valence-corrected chi connectivity index (χ2v) is 5.62. The highest BCUT2D eigenvalue weighted by atomic mass is 127. The van der Waals surface area contributed by atoms with Crippen molar-refractivity contribution in [3.63, 3.8) is 0 Å². The zero-order valence-electron chi connectivity index (χ0n) is 10.9. The molecule has 1 amide bonds. The number of halogens is 3. The van der Waals surface area contributed by atoms with Gasteiger partial charge in [-0.05, 0) is 59.0 Å². The zero-order chi connectivity index (χ0) is 15.4. The summed E-state index contributed by atoms with van der Waals surface area (Å²) in [5, 5.41) is 0.461. The topological polar surface area (TPSA) is 50.4 Å². The molecule has 0 atom stereocenters. The molecule has 110 valence electrons. The second-order valence-electron chi connectivity index (χ2n) is 4.05. The Kier molecular flexibility index (Phi) is 5.24. The number of anilines is 1. The maximum Gasteiger partial charge on any atom is 0.273 e. The summed E-state index contributed by atoms with van der Waals surface area (Å²) in [7, 11) is 1.48. The molecule has 0 aliphatic heterocycles. The average molecular weight is 421 g/mol. The van der Waals surface area contributed by atoms with Gasteiger partial charge in [0.2, 0.25) is 0 Å². The Bertz CT molecular complexity index is 665. The van der Waals surface area contributed by atoms with Gasteiger partial charge in [0.25, 0.3) is 5.91 Å². The molecule has 0 fully saturated rings. The van der Waals surface area contributed by atoms with Crippen molar-refractivity contribution in [3.05, 3.63) is 56.4 Å². The van der Waals surface area contributed by atoms with Crippen LogP contribution in [0.2, 0.25) is 5.02 Å². The molecule has 2 rings (SSSR count). The van der Waals surface area contributed by atoms with Gasteiger partial charge in [0, 0.05) is 3.57 Å². The molecular weight excluding hydrogens is 410 g/mol. The number of carbonyl (C=O) groups excluding carboxylic acids is 1. The minimum Gasteiger partial charge on any atom is -0.496 e. The van der Waals surface area contributed by atoms with Crippen LogP contribution in [0.4, 0.5) is 10.1 Å². The van der Waals surface area contributed by atoms with Crippen LogP contribution >= 0.6 is 34.2 Å². The molecule has 0 aromatic heterocycles. The van der Waals surface area contributed by atoms with E-state index >= 15 is 0 Å². The SMILES string of the molecule is COc1cc(I)c(Cl)cc1C(=O)NNc1ccc(F)cc1. The predicted octanol–water partition coefficient (Wildman–Crippen LogP) is 3.85. The molecule has 0 saturated heterocycles. The van der Waals surface area contributed by atoms with Gasteiger partial charge in [-0.1, -0.05) is 11.6 Å². The number of methoxy groups -OCH3 is 1. The molecule has 4 nitrogen and oxygen atoms in total. The first kappa shape index (κ1) is 15.8. The molecule has 0 aliphatic rings. The summed E-state index contributed by atoms with van der Waals surface area (Å²) in [6.45, 7) is 0. The third kappa shape index (κ3) is 3.98. The highest BCUT2D eigenvalue weighted by Crippen LogP contribution is 2.28. The van der Waals surface area contributed by atoms with Crippen LogP contribution in [-0.4, -0.2) is 13.0 Å². The van der Waals surface area contributed by atoms with Crippen molar-refractivity contribution >= 4 is 45.8 Å². The van der Waals surface area contributed by atoms with Crippen molar-refractivity contribution in [1.29, 1.82) is 0 Å². The number of benzene rings is 2. The summed E-state index contributed by atoms with van der Waals surface area (Å²) in [6, 6.07) is 8.80. The highest BCUT2D eigenvalue weighted by molar-refractivity contribution is 14.1. The molecule has 0 unspecified atom stereocenters. The summed E-state index contributed by atoms with van der Waals surface area (Å²) < 4.78 is 18.7. The van der Waals surface area contributed by atoms with E-state index in [1.165, 1.54) is 37.4 Å². The Hall–Kier alpha value is -1.54. The van der Waals surface area contributed by atoms with E-state index < -0.39 is 5.91 Å². The van der Waals surface area contributed by atoms with Crippen LogP contribution in [0.25, 0.3) is 0 Å². The van der Waals surface area contributed by atoms with Crippen LogP contribution in [0.5, 0.6) is 5.75 Å². The van der Waals surface area contributed by atoms with Gasteiger partial charge in [-0.2, -0.15) is 0 Å². The van der Waals surface area contributed by atoms with E-state index in [2.05, 4.69) is 33.4 Å². The van der Waals surface area contributed by atoms with Crippen molar-refractivity contribution in [2.75, 3.05) is 12.5 Å². The number of amides is 1. The van der Waals surface area contributed by atoms with Gasteiger partial charge in [-0.15, -0.1) is 0 Å². The van der Waals surface area contributed by atoms with Crippen molar-refractivity contribution in [3.8, 4) is 5.75 Å². The van der Waals surface area contributed by atoms with E-state index in [0.29, 0.717) is 22.0 Å². The molecule has 0 heterocycles. The lowest BCUT2D eigenvalue weighted by Crippen LogP contribution is -2.29. The summed E-state index contributed by atoms with van der Waals surface area (Å²) >= 11 is 8.07. The van der Waals surface area contributed by atoms with Crippen LogP contribution in [0.15, 0.2) is 36.4 Å². The molecule has 2 aromatic rings. The van der Waals surface area contributed by atoms with E-state index in [0.717, 1.165) is 3.57 Å². The molecule has 0 bridgehead atoms. The Morgan fingerprint density at radius 3 is 2.57 bits per heavy atom. The van der Waals surface area contributed by atoms with E-state index in [1.807, 2.05) is 0 Å². The lowest BCUT2D eigenvalue weighted by molar-refractivity contribution is 0.0959. The van der Waals surface area contributed by atoms with Crippen LogP contribution in [0, 0.1) is 9.39 Å². The average Bonchev–Trinajstić information content (AvgIpc) is 2.48. The number of nitrogens with one attached hydrogen (secondary N) is 2. The van der Waals surface area contributed by atoms with Crippen molar-refractivity contribution in [1.82, 2.24) is 5.43 Å². The fourth-order valence-corrected chi connectivity index (χ4v) is 2.21. The minimum atomic E-state index is -0.408. The fraction of sp³-hybridized carbons (Fsp3) is 0.0714. The Balaban J connectivity index is 2.13. The van der Waals surface area contributed by atoms with Crippen LogP contribution in [0.1, 0.15) is 10.4 Å². The second kappa shape index (κ2) is 6.95. The van der Waals surface area contributed by atoms with Crippen molar-refractivity contribution in [2.24, 2.45) is 0 Å². The number of hydrogen-bond acceptors (Lipinski definition) is 3. The molecule has 0 saturated carbocycles. The first-order chi connectivity index (χ1) is 10.0. The number of hydrazine groups is 1. The largest absolute Gasteiger partial charge is 0.496 e. The zero-order valence-corrected chi connectivity index (χ0v) is 13.8. The van der Waals surface area contributed by atoms with Gasteiger partial charge in [0.1, 0.15) is 11.6 Å². The van der Waals surface area contributed by atoms with Crippen LogP contribution in [0.3, 0.4) is 0 Å². The van der Waals surface area contributed by atoms with Gasteiger partial charge < -0.3 is 4.74 Å². The minimum absolute atomic E-state index is 0.303. The van der Waals surface area contributed by atoms with Gasteiger partial charge in [-0.3, -0.25) is 15.6 Å². The summed E-state index contributed by atoms with van der Waals surface area (Å²) in [5.74, 6) is -0.338. The quantitative estimate of drug-likeness (QED) is 0.584. The Morgan fingerprint density at radius 2 is 1.95 bits per heavy atom. The maximum atomic E-state index is 12.8. The standard InChI is InChI=1S/C14H11ClFIN2O2/c1-21-13-7-12(17)11(15)6-10(13)14(20)19-18-9-4-2-8(16)3-5-9/h2-7,18H,1H3,(H,19,20). The number of hydrogen-bond donors (Lipinski definition) is 2. The van der Waals surface area contributed by atoms with Gasteiger partial charge >= 0.3 is 0 Å². The number of carbonyl (C=O) groups is 1. The van der Waals surface area contributed by atoms with Gasteiger partial charge in [-0.25, -0.2) is 4.39 Å². The first-order valence-corrected chi connectivity index (χ1v) is 7.32. The number of rotatable bonds is 4. The molecule has 7 heteroatoms. The Labute approximate surface area is 139 Å². The Morgan fingerprint density at radius 1 is 1.29 bits per heavy atom. The normalized spacial score (nSPS) is 10.1. The molecule has 0 aliphatic carbocycles. The fourth-order valence-electron chi connectivity index (χ4n) is 1.60. The van der Waals surface area contributed by atoms with E-state index in [-0.39, 0.29) is 5.82 Å². The van der Waals surface area contributed by atoms with E-state index in [4.69, 9.17) is 16.3 Å². The molecule has 2 aromatic carbocycles. The smallest absolute Gasteiger partial charge is 0.273 e. The predicted molar refractivity (Wildman–Crippen MR) is 88.2 cm³/mol. The monoisotopic (exact) mass is 420 g/mol. The lowest BCUT2D eigenvalue weighted by atomic mass is 10.2. The van der Waals surface area contributed by atoms with Crippen LogP contribution in [-0.2, 0) is 0 Å². The molecular formula is C14H11ClFIN2O2. The van der Waals surface area contributed by atoms with Crippen molar-refractivity contribution in [2.45, 2.75) is 0 Å². The molecule has 21 heavy (non-hydrogen) atoms. The lowest BCUT2D eigenvalue weighted by Gasteiger charge is -2.12.